The van der Waals surface area contributed by atoms with Crippen LogP contribution in [0.3, 0.4) is 0 Å². The predicted molar refractivity (Wildman–Crippen MR) is 111 cm³/mol. The minimum absolute atomic E-state index is 0. The Morgan fingerprint density at radius 1 is 0.968 bits per heavy atom. The first-order valence-corrected chi connectivity index (χ1v) is 11.2. The molecule has 0 bridgehead atoms. The van der Waals surface area contributed by atoms with Gasteiger partial charge < -0.3 is 15.6 Å². The van der Waals surface area contributed by atoms with Crippen LogP contribution in [0.1, 0.15) is 54.3 Å². The van der Waals surface area contributed by atoms with E-state index in [2.05, 4.69) is 13.2 Å². The number of esters is 3. The van der Waals surface area contributed by atoms with Gasteiger partial charge in [-0.1, -0.05) is 32.9 Å². The minimum Gasteiger partial charge on any atom is -1.00 e. The van der Waals surface area contributed by atoms with E-state index in [0.717, 1.165) is 6.42 Å². The topological polar surface area (TPSA) is 133 Å². The van der Waals surface area contributed by atoms with E-state index < -0.39 is 39.2 Å². The van der Waals surface area contributed by atoms with Gasteiger partial charge >= 0.3 is 69.3 Å². The summed E-state index contributed by atoms with van der Waals surface area (Å²) in [4.78, 5) is 36.1. The smallest absolute Gasteiger partial charge is 1.00 e. The molecule has 1 N–H and O–H groups in total. The van der Waals surface area contributed by atoms with Crippen molar-refractivity contribution in [2.75, 3.05) is 25.6 Å². The molecule has 0 aliphatic rings. The van der Waals surface area contributed by atoms with Crippen molar-refractivity contribution in [3.8, 4) is 0 Å². The molecule has 0 amide bonds. The van der Waals surface area contributed by atoms with Gasteiger partial charge in [0.2, 0.25) is 0 Å². The molecule has 0 aliphatic heterocycles. The molecule has 9 nitrogen and oxygen atoms in total. The molecule has 0 saturated heterocycles. The third-order valence-electron chi connectivity index (χ3n) is 4.11. The third-order valence-corrected chi connectivity index (χ3v) is 4.91. The normalized spacial score (nSPS) is 11.1. The predicted octanol–water partition coefficient (Wildman–Crippen LogP) is -0.271. The summed E-state index contributed by atoms with van der Waals surface area (Å²) in [7, 11) is -4.14. The molecule has 0 atom stereocenters. The van der Waals surface area contributed by atoms with Crippen LogP contribution in [0.15, 0.2) is 24.3 Å². The van der Waals surface area contributed by atoms with E-state index in [4.69, 9.17) is 18.8 Å². The summed E-state index contributed by atoms with van der Waals surface area (Å²) in [5.41, 5.74) is -0.649. The molecule has 31 heavy (non-hydrogen) atoms. The van der Waals surface area contributed by atoms with E-state index in [1.54, 1.807) is 0 Å². The number of carbonyl (C=O) groups is 3. The van der Waals surface area contributed by atoms with Crippen LogP contribution < -0.4 is 51.4 Å². The first kappa shape index (κ1) is 32.6. The first-order chi connectivity index (χ1) is 13.8. The summed E-state index contributed by atoms with van der Waals surface area (Å²) in [6.07, 6.45) is 1.59. The summed E-state index contributed by atoms with van der Waals surface area (Å²) < 4.78 is 45.8. The van der Waals surface area contributed by atoms with E-state index in [9.17, 15) is 22.8 Å². The molecule has 0 aromatic heterocycles. The fourth-order valence-corrected chi connectivity index (χ4v) is 2.88. The zero-order chi connectivity index (χ0) is 23.4. The molecule has 0 saturated carbocycles. The fourth-order valence-electron chi connectivity index (χ4n) is 2.40. The number of rotatable bonds is 15. The van der Waals surface area contributed by atoms with Crippen LogP contribution in [-0.2, 0) is 38.7 Å². The van der Waals surface area contributed by atoms with Crippen molar-refractivity contribution in [1.29, 1.82) is 0 Å². The molecule has 0 radical (unpaired) electrons. The Hall–Kier alpha value is -0.564. The molecular formula is C20H33KO9S. The van der Waals surface area contributed by atoms with Crippen molar-refractivity contribution in [2.24, 2.45) is 5.41 Å². The number of ether oxygens (including phenoxy) is 3. The zero-order valence-corrected chi connectivity index (χ0v) is 22.8. The van der Waals surface area contributed by atoms with Crippen molar-refractivity contribution in [2.45, 2.75) is 52.9 Å². The second-order valence-electron chi connectivity index (χ2n) is 7.35. The van der Waals surface area contributed by atoms with Gasteiger partial charge in [0.15, 0.2) is 0 Å². The fraction of sp³-hybridized carbons (Fsp3) is 0.650. The molecule has 0 unspecified atom stereocenters. The second-order valence-corrected chi connectivity index (χ2v) is 8.93. The van der Waals surface area contributed by atoms with Crippen molar-refractivity contribution < 1.29 is 94.4 Å². The van der Waals surface area contributed by atoms with E-state index >= 15 is 0 Å². The van der Waals surface area contributed by atoms with Gasteiger partial charge in [-0.2, -0.15) is 8.42 Å². The van der Waals surface area contributed by atoms with Crippen LogP contribution >= 0.6 is 0 Å². The summed E-state index contributed by atoms with van der Waals surface area (Å²) in [6, 6.07) is 0. The number of hydrogen-bond donors (Lipinski definition) is 1. The van der Waals surface area contributed by atoms with E-state index in [-0.39, 0.29) is 96.6 Å². The Labute approximate surface area is 228 Å². The van der Waals surface area contributed by atoms with Crippen LogP contribution in [-0.4, -0.2) is 56.5 Å². The van der Waals surface area contributed by atoms with Gasteiger partial charge in [-0.15, -0.1) is 0 Å². The van der Waals surface area contributed by atoms with Gasteiger partial charge in [0.25, 0.3) is 10.1 Å². The maximum atomic E-state index is 12.4. The second kappa shape index (κ2) is 16.1. The van der Waals surface area contributed by atoms with Gasteiger partial charge in [-0.05, 0) is 26.7 Å². The molecule has 0 aromatic rings. The Morgan fingerprint density at radius 3 is 1.84 bits per heavy atom. The summed E-state index contributed by atoms with van der Waals surface area (Å²) in [6.45, 7) is 11.3. The van der Waals surface area contributed by atoms with Crippen molar-refractivity contribution in [1.82, 2.24) is 0 Å². The molecular weight excluding hydrogens is 455 g/mol. The Morgan fingerprint density at radius 2 is 1.45 bits per heavy atom. The molecule has 0 rings (SSSR count). The maximum Gasteiger partial charge on any atom is 1.00 e. The van der Waals surface area contributed by atoms with Crippen molar-refractivity contribution in [3.63, 3.8) is 0 Å². The summed E-state index contributed by atoms with van der Waals surface area (Å²) in [5.74, 6) is -2.47. The van der Waals surface area contributed by atoms with Crippen LogP contribution in [0.2, 0.25) is 0 Å². The van der Waals surface area contributed by atoms with Crippen LogP contribution in [0.4, 0.5) is 0 Å². The molecule has 0 heterocycles. The standard InChI is InChI=1S/C20H32O9S.K.H/c1-6-7-9-20(13-28-18(22)15(2)3,14-29-19(23)16(4)5)12-17(21)27-10-8-11-30(24,25)26;;/h2,4,6-14H2,1,3,5H3,(H,24,25,26);;/q;+1;-1. The largest absolute Gasteiger partial charge is 1.00 e. The average Bonchev–Trinajstić information content (AvgIpc) is 2.64. The molecule has 174 valence electrons. The van der Waals surface area contributed by atoms with Gasteiger partial charge in [-0.25, -0.2) is 9.59 Å². The van der Waals surface area contributed by atoms with E-state index in [1.807, 2.05) is 6.92 Å². The molecule has 11 heteroatoms. The molecule has 0 fully saturated rings. The maximum absolute atomic E-state index is 12.4. The van der Waals surface area contributed by atoms with E-state index in [0.29, 0.717) is 12.8 Å². The Balaban J connectivity index is -0.00000420. The van der Waals surface area contributed by atoms with Crippen molar-refractivity contribution in [3.05, 3.63) is 24.3 Å². The number of carbonyl (C=O) groups excluding carboxylic acids is 3. The van der Waals surface area contributed by atoms with Crippen LogP contribution in [0.25, 0.3) is 0 Å². The van der Waals surface area contributed by atoms with E-state index in [1.165, 1.54) is 13.8 Å². The third kappa shape index (κ3) is 15.8. The van der Waals surface area contributed by atoms with Crippen molar-refractivity contribution >= 4 is 28.0 Å². The zero-order valence-electron chi connectivity index (χ0n) is 19.9. The molecule has 0 aliphatic carbocycles. The number of unbranched alkanes of at least 4 members (excludes halogenated alkanes) is 1. The van der Waals surface area contributed by atoms with Gasteiger partial charge in [0.1, 0.15) is 13.2 Å². The van der Waals surface area contributed by atoms with Crippen LogP contribution in [0, 0.1) is 5.41 Å². The average molecular weight is 489 g/mol. The van der Waals surface area contributed by atoms with Gasteiger partial charge in [-0.3, -0.25) is 9.35 Å². The molecule has 0 spiro atoms. The summed E-state index contributed by atoms with van der Waals surface area (Å²) in [5, 5.41) is 0. The Kier molecular flexibility index (Phi) is 17.0. The molecule has 0 aromatic carbocycles. The van der Waals surface area contributed by atoms with Crippen LogP contribution in [0.5, 0.6) is 0 Å². The minimum atomic E-state index is -4.14. The van der Waals surface area contributed by atoms with Gasteiger partial charge in [0.05, 0.1) is 18.8 Å². The first-order valence-electron chi connectivity index (χ1n) is 9.58. The Bertz CT molecular complexity index is 720. The van der Waals surface area contributed by atoms with Gasteiger partial charge in [0, 0.05) is 16.6 Å². The summed E-state index contributed by atoms with van der Waals surface area (Å²) >= 11 is 0. The quantitative estimate of drug-likeness (QED) is 0.0825. The monoisotopic (exact) mass is 488 g/mol. The number of hydrogen-bond acceptors (Lipinski definition) is 8. The SMILES string of the molecule is C=C(C)C(=O)OCC(CCCC)(COC(=O)C(=C)C)CC(=O)OCCCS(=O)(=O)O.[H-].[K+].